The summed E-state index contributed by atoms with van der Waals surface area (Å²) in [6.07, 6.45) is 0. The van der Waals surface area contributed by atoms with Gasteiger partial charge in [0.1, 0.15) is 0 Å². The van der Waals surface area contributed by atoms with Gasteiger partial charge in [-0.1, -0.05) is 12.1 Å². The Morgan fingerprint density at radius 3 is 2.27 bits per heavy atom. The fraction of sp³-hybridized carbons (Fsp3) is 0.455. The molecule has 0 N–H and O–H groups in total. The number of hydrogen-bond acceptors (Lipinski definition) is 2. The van der Waals surface area contributed by atoms with E-state index in [0.717, 1.165) is 0 Å². The standard InChI is InChI=1S/C11H17IO2Si/c1-4-13-15(3,14-5-2)11-8-6-7-10(12)9-11/h6-9H,4-5H2,1-3H3. The topological polar surface area (TPSA) is 18.5 Å². The van der Waals surface area contributed by atoms with Crippen molar-refractivity contribution in [3.63, 3.8) is 0 Å². The van der Waals surface area contributed by atoms with Gasteiger partial charge in [-0.05, 0) is 60.3 Å². The Bertz CT molecular complexity index is 311. The predicted molar refractivity (Wildman–Crippen MR) is 73.7 cm³/mol. The van der Waals surface area contributed by atoms with E-state index in [1.807, 2.05) is 13.8 Å². The molecule has 0 spiro atoms. The van der Waals surface area contributed by atoms with Gasteiger partial charge in [-0.3, -0.25) is 0 Å². The number of hydrogen-bond donors (Lipinski definition) is 0. The summed E-state index contributed by atoms with van der Waals surface area (Å²) in [7, 11) is -2.16. The lowest BCUT2D eigenvalue weighted by atomic mass is 10.4. The molecule has 0 heterocycles. The van der Waals surface area contributed by atoms with E-state index in [0.29, 0.717) is 13.2 Å². The van der Waals surface area contributed by atoms with Gasteiger partial charge in [0.25, 0.3) is 0 Å². The summed E-state index contributed by atoms with van der Waals surface area (Å²) in [5.74, 6) is 0. The molecule has 0 saturated heterocycles. The summed E-state index contributed by atoms with van der Waals surface area (Å²) < 4.78 is 12.9. The molecule has 0 fully saturated rings. The molecule has 1 aromatic carbocycles. The zero-order chi connectivity index (χ0) is 11.3. The van der Waals surface area contributed by atoms with E-state index in [9.17, 15) is 0 Å². The zero-order valence-electron chi connectivity index (χ0n) is 9.42. The molecule has 84 valence electrons. The molecule has 0 aromatic heterocycles. The fourth-order valence-electron chi connectivity index (χ4n) is 1.53. The van der Waals surface area contributed by atoms with E-state index in [-0.39, 0.29) is 0 Å². The first-order valence-corrected chi connectivity index (χ1v) is 8.56. The number of halogens is 1. The van der Waals surface area contributed by atoms with Crippen LogP contribution in [-0.4, -0.2) is 21.8 Å². The van der Waals surface area contributed by atoms with Crippen molar-refractivity contribution in [2.75, 3.05) is 13.2 Å². The van der Waals surface area contributed by atoms with Gasteiger partial charge in [0, 0.05) is 16.8 Å². The van der Waals surface area contributed by atoms with E-state index in [1.54, 1.807) is 0 Å². The van der Waals surface area contributed by atoms with Crippen LogP contribution in [0.25, 0.3) is 0 Å². The minimum atomic E-state index is -2.16. The van der Waals surface area contributed by atoms with Crippen molar-refractivity contribution in [3.8, 4) is 0 Å². The van der Waals surface area contributed by atoms with Crippen LogP contribution in [-0.2, 0) is 8.85 Å². The molecule has 0 atom stereocenters. The highest BCUT2D eigenvalue weighted by Gasteiger charge is 2.33. The second kappa shape index (κ2) is 5.98. The Balaban J connectivity index is 2.97. The second-order valence-corrected chi connectivity index (χ2v) is 7.61. The molecule has 0 amide bonds. The maximum Gasteiger partial charge on any atom is 0.369 e. The average Bonchev–Trinajstić information content (AvgIpc) is 2.18. The Labute approximate surface area is 106 Å². The maximum atomic E-state index is 5.82. The van der Waals surface area contributed by atoms with Crippen molar-refractivity contribution in [2.45, 2.75) is 20.4 Å². The van der Waals surface area contributed by atoms with Crippen LogP contribution in [0.3, 0.4) is 0 Å². The van der Waals surface area contributed by atoms with Crippen LogP contribution in [0, 0.1) is 3.57 Å². The second-order valence-electron chi connectivity index (χ2n) is 3.32. The normalized spacial score (nSPS) is 11.7. The summed E-state index contributed by atoms with van der Waals surface area (Å²) in [4.78, 5) is 0. The van der Waals surface area contributed by atoms with Gasteiger partial charge in [0.15, 0.2) is 0 Å². The SMILES string of the molecule is CCO[Si](C)(OCC)c1cccc(I)c1. The molecule has 0 aliphatic carbocycles. The first-order chi connectivity index (χ1) is 7.12. The molecule has 15 heavy (non-hydrogen) atoms. The van der Waals surface area contributed by atoms with Crippen molar-refractivity contribution in [2.24, 2.45) is 0 Å². The van der Waals surface area contributed by atoms with Crippen molar-refractivity contribution in [1.29, 1.82) is 0 Å². The van der Waals surface area contributed by atoms with Crippen molar-refractivity contribution < 1.29 is 8.85 Å². The Hall–Kier alpha value is 0.0869. The van der Waals surface area contributed by atoms with Gasteiger partial charge < -0.3 is 8.85 Å². The lowest BCUT2D eigenvalue weighted by molar-refractivity contribution is 0.202. The molecule has 4 heteroatoms. The van der Waals surface area contributed by atoms with Crippen molar-refractivity contribution >= 4 is 36.3 Å². The molecule has 1 rings (SSSR count). The molecule has 2 nitrogen and oxygen atoms in total. The van der Waals surface area contributed by atoms with Crippen molar-refractivity contribution in [3.05, 3.63) is 27.8 Å². The first-order valence-electron chi connectivity index (χ1n) is 5.16. The summed E-state index contributed by atoms with van der Waals surface area (Å²) in [6, 6.07) is 8.38. The van der Waals surface area contributed by atoms with Gasteiger partial charge in [-0.2, -0.15) is 0 Å². The molecule has 0 aliphatic heterocycles. The monoisotopic (exact) mass is 336 g/mol. The lowest BCUT2D eigenvalue weighted by Crippen LogP contribution is -2.51. The third kappa shape index (κ3) is 3.55. The predicted octanol–water partition coefficient (Wildman–Crippen LogP) is 2.64. The third-order valence-electron chi connectivity index (χ3n) is 2.19. The highest BCUT2D eigenvalue weighted by molar-refractivity contribution is 14.1. The van der Waals surface area contributed by atoms with Crippen LogP contribution in [0.1, 0.15) is 13.8 Å². The summed E-state index contributed by atoms with van der Waals surface area (Å²) in [6.45, 7) is 7.53. The maximum absolute atomic E-state index is 5.82. The lowest BCUT2D eigenvalue weighted by Gasteiger charge is -2.26. The van der Waals surface area contributed by atoms with Crippen LogP contribution in [0.4, 0.5) is 0 Å². The molecule has 0 unspecified atom stereocenters. The minimum absolute atomic E-state index is 0.703. The van der Waals surface area contributed by atoms with Crippen LogP contribution in [0.5, 0.6) is 0 Å². The van der Waals surface area contributed by atoms with Crippen LogP contribution in [0.2, 0.25) is 6.55 Å². The third-order valence-corrected chi connectivity index (χ3v) is 5.90. The van der Waals surface area contributed by atoms with E-state index < -0.39 is 8.56 Å². The zero-order valence-corrected chi connectivity index (χ0v) is 12.6. The Morgan fingerprint density at radius 2 is 1.80 bits per heavy atom. The summed E-state index contributed by atoms with van der Waals surface area (Å²) in [5.41, 5.74) is 0. The van der Waals surface area contributed by atoms with E-state index in [1.165, 1.54) is 8.76 Å². The largest absolute Gasteiger partial charge is 0.391 e. The minimum Gasteiger partial charge on any atom is -0.391 e. The van der Waals surface area contributed by atoms with Gasteiger partial charge in [-0.15, -0.1) is 0 Å². The number of rotatable bonds is 5. The molecule has 1 aromatic rings. The Kier molecular flexibility index (Phi) is 5.24. The molecule has 0 bridgehead atoms. The van der Waals surface area contributed by atoms with E-state index in [2.05, 4.69) is 53.4 Å². The van der Waals surface area contributed by atoms with Crippen LogP contribution >= 0.6 is 22.6 Å². The van der Waals surface area contributed by atoms with E-state index >= 15 is 0 Å². The Morgan fingerprint density at radius 1 is 1.20 bits per heavy atom. The van der Waals surface area contributed by atoms with E-state index in [4.69, 9.17) is 8.85 Å². The first kappa shape index (κ1) is 13.2. The van der Waals surface area contributed by atoms with Gasteiger partial charge in [0.2, 0.25) is 0 Å². The molecule has 0 radical (unpaired) electrons. The smallest absolute Gasteiger partial charge is 0.369 e. The summed E-state index contributed by atoms with van der Waals surface area (Å²) >= 11 is 2.31. The highest BCUT2D eigenvalue weighted by atomic mass is 127. The molecular formula is C11H17IO2Si. The molecule has 0 aliphatic rings. The number of benzene rings is 1. The van der Waals surface area contributed by atoms with Gasteiger partial charge >= 0.3 is 8.56 Å². The van der Waals surface area contributed by atoms with Crippen LogP contribution < -0.4 is 5.19 Å². The van der Waals surface area contributed by atoms with Gasteiger partial charge in [0.05, 0.1) is 0 Å². The molecule has 0 saturated carbocycles. The van der Waals surface area contributed by atoms with Crippen LogP contribution in [0.15, 0.2) is 24.3 Å². The highest BCUT2D eigenvalue weighted by Crippen LogP contribution is 2.10. The average molecular weight is 336 g/mol. The van der Waals surface area contributed by atoms with Crippen molar-refractivity contribution in [1.82, 2.24) is 0 Å². The summed E-state index contributed by atoms with van der Waals surface area (Å²) in [5, 5.41) is 1.21. The molecular weight excluding hydrogens is 319 g/mol. The van der Waals surface area contributed by atoms with Gasteiger partial charge in [-0.25, -0.2) is 0 Å². The quantitative estimate of drug-likeness (QED) is 0.608. The fourth-order valence-corrected chi connectivity index (χ4v) is 4.70.